The van der Waals surface area contributed by atoms with Crippen molar-refractivity contribution in [3.8, 4) is 11.6 Å². The number of sulfonamides is 1. The first-order valence-corrected chi connectivity index (χ1v) is 11.1. The molecule has 15 heteroatoms. The second-order valence-electron chi connectivity index (χ2n) is 6.81. The molecule has 0 fully saturated rings. The van der Waals surface area contributed by atoms with Crippen LogP contribution in [0.25, 0.3) is 0 Å². The fourth-order valence-electron chi connectivity index (χ4n) is 2.52. The van der Waals surface area contributed by atoms with E-state index in [1.54, 1.807) is 6.92 Å². The number of pyridine rings is 1. The van der Waals surface area contributed by atoms with Gasteiger partial charge in [0.2, 0.25) is 11.8 Å². The number of carbonyl (C=O) groups excluding carboxylic acids is 1. The Hall–Kier alpha value is -3.78. The third-order valence-corrected chi connectivity index (χ3v) is 5.79. The average molecular weight is 532 g/mol. The van der Waals surface area contributed by atoms with E-state index in [-0.39, 0.29) is 23.3 Å². The number of hydrogen-bond acceptors (Lipinski definition) is 7. The molecular formula is C20H14ClF4N5O4S. The summed E-state index contributed by atoms with van der Waals surface area (Å²) in [5.74, 6) is -2.99. The maximum atomic E-state index is 13.2. The van der Waals surface area contributed by atoms with Crippen LogP contribution in [-0.4, -0.2) is 29.3 Å². The molecule has 2 aromatic heterocycles. The number of benzene rings is 1. The summed E-state index contributed by atoms with van der Waals surface area (Å²) in [5.41, 5.74) is -1.01. The largest absolute Gasteiger partial charge is 0.434 e. The average Bonchev–Trinajstić information content (AvgIpc) is 2.76. The zero-order chi connectivity index (χ0) is 26.0. The molecule has 0 aliphatic heterocycles. The maximum Gasteiger partial charge on any atom is 0.417 e. The number of carbonyl (C=O) groups is 1. The lowest BCUT2D eigenvalue weighted by Gasteiger charge is -2.15. The summed E-state index contributed by atoms with van der Waals surface area (Å²) < 4.78 is 85.5. The predicted octanol–water partition coefficient (Wildman–Crippen LogP) is 4.87. The fraction of sp³-hybridized carbons (Fsp3) is 0.100. The van der Waals surface area contributed by atoms with E-state index in [1.807, 2.05) is 5.32 Å². The quantitative estimate of drug-likeness (QED) is 0.329. The Kier molecular flexibility index (Phi) is 7.26. The molecule has 2 N–H and O–H groups in total. The van der Waals surface area contributed by atoms with Crippen LogP contribution in [0.4, 0.5) is 29.2 Å². The SMILES string of the molecule is C=C(F)C(=O)Nc1ncc(Oc2ncc(C)cc2NS(=O)(=O)c2ccc(Cl)c(C(F)(F)F)c2)cn1. The molecule has 0 radical (unpaired) electrons. The van der Waals surface area contributed by atoms with Crippen molar-refractivity contribution < 1.29 is 35.5 Å². The molecule has 0 atom stereocenters. The summed E-state index contributed by atoms with van der Waals surface area (Å²) in [6, 6.07) is 3.47. The van der Waals surface area contributed by atoms with Crippen LogP contribution >= 0.6 is 11.6 Å². The van der Waals surface area contributed by atoms with Crippen LogP contribution in [0.15, 0.2) is 60.2 Å². The van der Waals surface area contributed by atoms with Crippen LogP contribution in [0.5, 0.6) is 11.6 Å². The maximum absolute atomic E-state index is 13.2. The molecule has 184 valence electrons. The molecule has 1 amide bonds. The summed E-state index contributed by atoms with van der Waals surface area (Å²) in [7, 11) is -4.52. The molecule has 0 aliphatic rings. The number of ether oxygens (including phenoxy) is 1. The van der Waals surface area contributed by atoms with Crippen LogP contribution in [0.2, 0.25) is 5.02 Å². The van der Waals surface area contributed by atoms with Crippen molar-refractivity contribution >= 4 is 39.2 Å². The lowest BCUT2D eigenvalue weighted by molar-refractivity contribution is -0.137. The number of amides is 1. The van der Waals surface area contributed by atoms with Gasteiger partial charge < -0.3 is 4.74 Å². The number of nitrogens with zero attached hydrogens (tertiary/aromatic N) is 3. The van der Waals surface area contributed by atoms with Gasteiger partial charge in [-0.2, -0.15) is 13.2 Å². The van der Waals surface area contributed by atoms with Gasteiger partial charge in [0, 0.05) is 6.20 Å². The Morgan fingerprint density at radius 2 is 1.77 bits per heavy atom. The molecule has 0 unspecified atom stereocenters. The van der Waals surface area contributed by atoms with E-state index in [4.69, 9.17) is 16.3 Å². The van der Waals surface area contributed by atoms with Crippen LogP contribution in [0.1, 0.15) is 11.1 Å². The first-order chi connectivity index (χ1) is 16.3. The number of rotatable bonds is 7. The second kappa shape index (κ2) is 9.84. The van der Waals surface area contributed by atoms with Gasteiger partial charge in [-0.25, -0.2) is 27.8 Å². The number of anilines is 2. The number of hydrogen-bond donors (Lipinski definition) is 2. The highest BCUT2D eigenvalue weighted by Gasteiger charge is 2.34. The van der Waals surface area contributed by atoms with Gasteiger partial charge in [0.1, 0.15) is 5.69 Å². The highest BCUT2D eigenvalue weighted by atomic mass is 35.5. The molecule has 0 saturated carbocycles. The zero-order valence-electron chi connectivity index (χ0n) is 17.5. The predicted molar refractivity (Wildman–Crippen MR) is 117 cm³/mol. The third kappa shape index (κ3) is 6.42. The third-order valence-electron chi connectivity index (χ3n) is 4.10. The van der Waals surface area contributed by atoms with Crippen LogP contribution in [-0.2, 0) is 21.0 Å². The van der Waals surface area contributed by atoms with Crippen LogP contribution in [0, 0.1) is 6.92 Å². The number of aromatic nitrogens is 3. The molecule has 9 nitrogen and oxygen atoms in total. The van der Waals surface area contributed by atoms with Gasteiger partial charge in [-0.3, -0.25) is 14.8 Å². The molecule has 0 aliphatic carbocycles. The summed E-state index contributed by atoms with van der Waals surface area (Å²) >= 11 is 5.56. The van der Waals surface area contributed by atoms with Gasteiger partial charge in [0.05, 0.1) is 27.9 Å². The van der Waals surface area contributed by atoms with Gasteiger partial charge in [-0.1, -0.05) is 18.2 Å². The Morgan fingerprint density at radius 3 is 2.37 bits per heavy atom. The standard InChI is InChI=1S/C20H14ClF4N5O4S/c1-10-5-16(30-35(32,33)13-3-4-15(21)14(6-13)20(23,24)25)18(26-7-10)34-12-8-27-19(28-9-12)29-17(31)11(2)22/h3-9,30H,2H2,1H3,(H,27,28,29,31). The fourth-order valence-corrected chi connectivity index (χ4v) is 3.82. The molecule has 3 rings (SSSR count). The van der Waals surface area contributed by atoms with Gasteiger partial charge in [0.25, 0.3) is 15.9 Å². The minimum atomic E-state index is -4.87. The molecule has 0 bridgehead atoms. The number of halogens is 5. The monoisotopic (exact) mass is 531 g/mol. The van der Waals surface area contributed by atoms with E-state index >= 15 is 0 Å². The summed E-state index contributed by atoms with van der Waals surface area (Å²) in [6.45, 7) is 4.42. The molecular weight excluding hydrogens is 518 g/mol. The van der Waals surface area contributed by atoms with E-state index in [1.165, 1.54) is 12.3 Å². The Morgan fingerprint density at radius 1 is 1.11 bits per heavy atom. The number of aryl methyl sites for hydroxylation is 1. The zero-order valence-corrected chi connectivity index (χ0v) is 19.1. The van der Waals surface area contributed by atoms with E-state index in [0.717, 1.165) is 24.5 Å². The first-order valence-electron chi connectivity index (χ1n) is 9.28. The first kappa shape index (κ1) is 25.8. The molecule has 35 heavy (non-hydrogen) atoms. The summed E-state index contributed by atoms with van der Waals surface area (Å²) in [5, 5.41) is 1.37. The summed E-state index contributed by atoms with van der Waals surface area (Å²) in [4.78, 5) is 22.0. The van der Waals surface area contributed by atoms with Crippen molar-refractivity contribution in [2.75, 3.05) is 10.0 Å². The number of alkyl halides is 3. The van der Waals surface area contributed by atoms with Crippen molar-refractivity contribution in [1.82, 2.24) is 15.0 Å². The highest BCUT2D eigenvalue weighted by Crippen LogP contribution is 2.37. The van der Waals surface area contributed by atoms with Crippen molar-refractivity contribution in [3.63, 3.8) is 0 Å². The van der Waals surface area contributed by atoms with Crippen LogP contribution in [0.3, 0.4) is 0 Å². The Labute approximate surface area is 200 Å². The van der Waals surface area contributed by atoms with Gasteiger partial charge in [-0.05, 0) is 36.8 Å². The molecule has 0 saturated heterocycles. The molecule has 0 spiro atoms. The van der Waals surface area contributed by atoms with E-state index in [9.17, 15) is 30.8 Å². The van der Waals surface area contributed by atoms with Crippen LogP contribution < -0.4 is 14.8 Å². The van der Waals surface area contributed by atoms with Crippen molar-refractivity contribution in [3.05, 3.63) is 71.4 Å². The minimum absolute atomic E-state index is 0.0512. The highest BCUT2D eigenvalue weighted by molar-refractivity contribution is 7.92. The Balaban J connectivity index is 1.88. The molecule has 2 heterocycles. The topological polar surface area (TPSA) is 123 Å². The van der Waals surface area contributed by atoms with Crippen molar-refractivity contribution in [1.29, 1.82) is 0 Å². The second-order valence-corrected chi connectivity index (χ2v) is 8.90. The normalized spacial score (nSPS) is 11.6. The number of nitrogens with one attached hydrogen (secondary N) is 2. The van der Waals surface area contributed by atoms with Gasteiger partial charge >= 0.3 is 6.18 Å². The smallest absolute Gasteiger partial charge is 0.417 e. The van der Waals surface area contributed by atoms with Crippen molar-refractivity contribution in [2.24, 2.45) is 0 Å². The van der Waals surface area contributed by atoms with Gasteiger partial charge in [0.15, 0.2) is 11.6 Å². The summed E-state index contributed by atoms with van der Waals surface area (Å²) in [6.07, 6.45) is -1.36. The van der Waals surface area contributed by atoms with Gasteiger partial charge in [-0.15, -0.1) is 0 Å². The molecule has 3 aromatic rings. The Bertz CT molecular complexity index is 1400. The lowest BCUT2D eigenvalue weighted by Crippen LogP contribution is -2.16. The molecule has 1 aromatic carbocycles. The van der Waals surface area contributed by atoms with E-state index in [0.29, 0.717) is 11.6 Å². The van der Waals surface area contributed by atoms with E-state index < -0.39 is 43.4 Å². The van der Waals surface area contributed by atoms with E-state index in [2.05, 4.69) is 26.3 Å². The lowest BCUT2D eigenvalue weighted by atomic mass is 10.2. The minimum Gasteiger partial charge on any atom is -0.434 e. The van der Waals surface area contributed by atoms with Crippen molar-refractivity contribution in [2.45, 2.75) is 18.0 Å².